The van der Waals surface area contributed by atoms with Crippen molar-refractivity contribution in [3.63, 3.8) is 0 Å². The van der Waals surface area contributed by atoms with Gasteiger partial charge in [0.05, 0.1) is 20.5 Å². The predicted molar refractivity (Wildman–Crippen MR) is 102 cm³/mol. The molecule has 0 spiro atoms. The highest BCUT2D eigenvalue weighted by atomic mass is 35.5. The normalized spacial score (nSPS) is 11.9. The lowest BCUT2D eigenvalue weighted by atomic mass is 10.2. The second-order valence-electron chi connectivity index (χ2n) is 5.79. The van der Waals surface area contributed by atoms with Crippen LogP contribution in [-0.2, 0) is 6.18 Å². The highest BCUT2D eigenvalue weighted by molar-refractivity contribution is 6.38. The first kappa shape index (κ1) is 22.3. The average Bonchev–Trinajstić information content (AvgIpc) is 3.01. The summed E-state index contributed by atoms with van der Waals surface area (Å²) in [6.07, 6.45) is -3.64. The van der Waals surface area contributed by atoms with Crippen LogP contribution >= 0.6 is 23.2 Å². The molecule has 0 radical (unpaired) electrons. The number of benzene rings is 1. The van der Waals surface area contributed by atoms with Crippen LogP contribution in [0.3, 0.4) is 0 Å². The molecular weight excluding hydrogens is 422 g/mol. The van der Waals surface area contributed by atoms with Gasteiger partial charge in [-0.1, -0.05) is 37.0 Å². The Morgan fingerprint density at radius 1 is 1.25 bits per heavy atom. The Hall–Kier alpha value is -2.04. The Labute approximate surface area is 169 Å². The first-order valence-electron chi connectivity index (χ1n) is 8.35. The minimum Gasteiger partial charge on any atom is -0.363 e. The van der Waals surface area contributed by atoms with Crippen LogP contribution in [0.5, 0.6) is 0 Å². The van der Waals surface area contributed by atoms with Crippen LogP contribution in [0.1, 0.15) is 19.4 Å². The van der Waals surface area contributed by atoms with Crippen LogP contribution in [-0.4, -0.2) is 45.8 Å². The molecule has 0 aliphatic heterocycles. The van der Waals surface area contributed by atoms with E-state index in [2.05, 4.69) is 15.3 Å². The van der Waals surface area contributed by atoms with Gasteiger partial charge in [0, 0.05) is 13.1 Å². The van der Waals surface area contributed by atoms with Crippen molar-refractivity contribution in [1.29, 1.82) is 0 Å². The molecule has 0 bridgehead atoms. The highest BCUT2D eigenvalue weighted by Gasteiger charge is 2.33. The number of hydrogen-bond acceptors (Lipinski definition) is 5. The molecule has 2 aromatic rings. The van der Waals surface area contributed by atoms with E-state index in [0.717, 1.165) is 24.0 Å². The fourth-order valence-electron chi connectivity index (χ4n) is 2.61. The molecule has 1 aromatic carbocycles. The van der Waals surface area contributed by atoms with Gasteiger partial charge in [-0.3, -0.25) is 10.1 Å². The predicted octanol–water partition coefficient (Wildman–Crippen LogP) is 4.86. The van der Waals surface area contributed by atoms with Crippen molar-refractivity contribution in [2.24, 2.45) is 0 Å². The van der Waals surface area contributed by atoms with Gasteiger partial charge in [-0.05, 0) is 25.2 Å². The first-order valence-corrected chi connectivity index (χ1v) is 9.10. The minimum absolute atomic E-state index is 0.0132. The summed E-state index contributed by atoms with van der Waals surface area (Å²) in [4.78, 5) is 12.8. The Kier molecular flexibility index (Phi) is 7.13. The summed E-state index contributed by atoms with van der Waals surface area (Å²) in [5.74, 6) is -0.0132. The Morgan fingerprint density at radius 2 is 1.82 bits per heavy atom. The zero-order chi connectivity index (χ0) is 21.1. The van der Waals surface area contributed by atoms with Gasteiger partial charge in [0.15, 0.2) is 0 Å². The van der Waals surface area contributed by atoms with Crippen LogP contribution < -0.4 is 5.32 Å². The maximum Gasteiger partial charge on any atom is 0.416 e. The molecule has 28 heavy (non-hydrogen) atoms. The van der Waals surface area contributed by atoms with Crippen molar-refractivity contribution in [1.82, 2.24) is 14.7 Å². The summed E-state index contributed by atoms with van der Waals surface area (Å²) >= 11 is 12.0. The molecule has 1 N–H and O–H groups in total. The highest BCUT2D eigenvalue weighted by Crippen LogP contribution is 2.39. The topological polar surface area (TPSA) is 76.2 Å². The SMILES string of the molecule is CCN(CC)CCNc1c([N+](=O)[O-])cnn1-c1c(Cl)cc(C(F)(F)F)cc1Cl. The molecule has 12 heteroatoms. The molecule has 0 aliphatic rings. The van der Waals surface area contributed by atoms with Crippen molar-refractivity contribution < 1.29 is 18.1 Å². The number of rotatable bonds is 8. The van der Waals surface area contributed by atoms with E-state index in [1.807, 2.05) is 13.8 Å². The number of halogens is 5. The number of aromatic nitrogens is 2. The molecule has 154 valence electrons. The third-order valence-electron chi connectivity index (χ3n) is 4.12. The molecule has 2 rings (SSSR count). The van der Waals surface area contributed by atoms with E-state index in [0.29, 0.717) is 25.2 Å². The van der Waals surface area contributed by atoms with Gasteiger partial charge in [-0.25, -0.2) is 4.68 Å². The molecule has 0 saturated heterocycles. The van der Waals surface area contributed by atoms with Gasteiger partial charge in [-0.2, -0.15) is 18.3 Å². The summed E-state index contributed by atoms with van der Waals surface area (Å²) in [5, 5.41) is 17.5. The summed E-state index contributed by atoms with van der Waals surface area (Å²) in [6.45, 7) is 6.52. The third kappa shape index (κ3) is 4.86. The van der Waals surface area contributed by atoms with E-state index in [1.165, 1.54) is 0 Å². The molecule has 0 atom stereocenters. The summed E-state index contributed by atoms with van der Waals surface area (Å²) in [7, 11) is 0. The van der Waals surface area contributed by atoms with Crippen molar-refractivity contribution >= 4 is 34.7 Å². The van der Waals surface area contributed by atoms with Crippen LogP contribution in [0, 0.1) is 10.1 Å². The van der Waals surface area contributed by atoms with Crippen molar-refractivity contribution in [3.05, 3.63) is 44.1 Å². The Bertz CT molecular complexity index is 830. The van der Waals surface area contributed by atoms with E-state index >= 15 is 0 Å². The quantitative estimate of drug-likeness (QED) is 0.469. The molecule has 7 nitrogen and oxygen atoms in total. The molecule has 0 fully saturated rings. The maximum atomic E-state index is 12.9. The minimum atomic E-state index is -4.63. The standard InChI is InChI=1S/C16H18Cl2F3N5O2/c1-3-24(4-2)6-5-22-15-13(26(27)28)9-23-25(15)14-11(17)7-10(8-12(14)18)16(19,20)21/h7-9,22H,3-6H2,1-2H3. The summed E-state index contributed by atoms with van der Waals surface area (Å²) < 4.78 is 39.9. The van der Waals surface area contributed by atoms with Crippen molar-refractivity contribution in [2.45, 2.75) is 20.0 Å². The lowest BCUT2D eigenvalue weighted by Gasteiger charge is -2.19. The molecule has 0 saturated carbocycles. The van der Waals surface area contributed by atoms with Crippen LogP contribution in [0.4, 0.5) is 24.7 Å². The largest absolute Gasteiger partial charge is 0.416 e. The number of alkyl halides is 3. The third-order valence-corrected chi connectivity index (χ3v) is 4.69. The number of nitrogens with zero attached hydrogens (tertiary/aromatic N) is 4. The molecule has 0 aliphatic carbocycles. The molecule has 1 aromatic heterocycles. The average molecular weight is 440 g/mol. The molecular formula is C16H18Cl2F3N5O2. The van der Waals surface area contributed by atoms with Crippen LogP contribution in [0.2, 0.25) is 10.0 Å². The maximum absolute atomic E-state index is 12.9. The van der Waals surface area contributed by atoms with E-state index in [-0.39, 0.29) is 27.2 Å². The number of likely N-dealkylation sites (N-methyl/N-ethyl adjacent to an activating group) is 1. The number of anilines is 1. The van der Waals surface area contributed by atoms with E-state index in [1.54, 1.807) is 0 Å². The van der Waals surface area contributed by atoms with Gasteiger partial charge in [0.25, 0.3) is 0 Å². The molecule has 0 amide bonds. The number of nitro groups is 1. The first-order chi connectivity index (χ1) is 13.1. The number of hydrogen-bond donors (Lipinski definition) is 1. The van der Waals surface area contributed by atoms with E-state index in [4.69, 9.17) is 23.2 Å². The second-order valence-corrected chi connectivity index (χ2v) is 6.60. The summed E-state index contributed by atoms with van der Waals surface area (Å²) in [6, 6.07) is 1.41. The van der Waals surface area contributed by atoms with Gasteiger partial charge in [0.1, 0.15) is 11.9 Å². The monoisotopic (exact) mass is 439 g/mol. The zero-order valence-electron chi connectivity index (χ0n) is 15.1. The lowest BCUT2D eigenvalue weighted by Crippen LogP contribution is -2.29. The summed E-state index contributed by atoms with van der Waals surface area (Å²) in [5.41, 5.74) is -1.44. The second kappa shape index (κ2) is 8.97. The lowest BCUT2D eigenvalue weighted by molar-refractivity contribution is -0.384. The Morgan fingerprint density at radius 3 is 2.29 bits per heavy atom. The van der Waals surface area contributed by atoms with Gasteiger partial charge < -0.3 is 10.2 Å². The smallest absolute Gasteiger partial charge is 0.363 e. The van der Waals surface area contributed by atoms with Crippen molar-refractivity contribution in [3.8, 4) is 5.69 Å². The Balaban J connectivity index is 2.45. The molecule has 0 unspecified atom stereocenters. The zero-order valence-corrected chi connectivity index (χ0v) is 16.6. The van der Waals surface area contributed by atoms with Crippen molar-refractivity contribution in [2.75, 3.05) is 31.5 Å². The van der Waals surface area contributed by atoms with Gasteiger partial charge >= 0.3 is 11.9 Å². The number of nitrogens with one attached hydrogen (secondary N) is 1. The van der Waals surface area contributed by atoms with Gasteiger partial charge in [0.2, 0.25) is 5.82 Å². The van der Waals surface area contributed by atoms with Gasteiger partial charge in [-0.15, -0.1) is 0 Å². The van der Waals surface area contributed by atoms with Crippen LogP contribution in [0.25, 0.3) is 5.69 Å². The van der Waals surface area contributed by atoms with E-state index < -0.39 is 16.7 Å². The van der Waals surface area contributed by atoms with E-state index in [9.17, 15) is 23.3 Å². The fraction of sp³-hybridized carbons (Fsp3) is 0.438. The van der Waals surface area contributed by atoms with Crippen LogP contribution in [0.15, 0.2) is 18.3 Å². The fourth-order valence-corrected chi connectivity index (χ4v) is 3.26. The molecule has 1 heterocycles.